The molecule has 7 heteroatoms. The van der Waals surface area contributed by atoms with Gasteiger partial charge in [0, 0.05) is 18.4 Å². The molecule has 0 bridgehead atoms. The summed E-state index contributed by atoms with van der Waals surface area (Å²) in [6.45, 7) is -0.593. The van der Waals surface area contributed by atoms with Crippen LogP contribution < -0.4 is 5.32 Å². The molecule has 1 amide bonds. The molecule has 1 aromatic rings. The molecular weight excluding hydrogens is 281 g/mol. The molecule has 0 saturated carbocycles. The molecule has 6 nitrogen and oxygen atoms in total. The summed E-state index contributed by atoms with van der Waals surface area (Å²) >= 11 is 0. The Balaban J connectivity index is 2.47. The number of rotatable bonds is 7. The Morgan fingerprint density at radius 3 is 2.38 bits per heavy atom. The third-order valence-corrected chi connectivity index (χ3v) is 2.75. The molecule has 21 heavy (non-hydrogen) atoms. The number of Topliss-reactive ketones (excluding diaryl/α,β-unsaturated/α-hetero) is 1. The summed E-state index contributed by atoms with van der Waals surface area (Å²) in [6.07, 6.45) is -0.236. The highest BCUT2D eigenvalue weighted by molar-refractivity contribution is 5.98. The number of nitrogens with one attached hydrogen (secondary N) is 1. The average molecular weight is 297 g/mol. The Morgan fingerprint density at radius 2 is 1.86 bits per heavy atom. The van der Waals surface area contributed by atoms with Gasteiger partial charge in [0.25, 0.3) is 0 Å². The monoisotopic (exact) mass is 297 g/mol. The first-order valence-electron chi connectivity index (χ1n) is 6.24. The Kier molecular flexibility index (Phi) is 6.48. The van der Waals surface area contributed by atoms with Crippen LogP contribution in [0.15, 0.2) is 24.3 Å². The fourth-order valence-corrected chi connectivity index (χ4v) is 1.60. The van der Waals surface area contributed by atoms with Gasteiger partial charge in [0.1, 0.15) is 5.82 Å². The lowest BCUT2D eigenvalue weighted by Crippen LogP contribution is -2.44. The molecule has 0 heterocycles. The topological polar surface area (TPSA) is 92.7 Å². The van der Waals surface area contributed by atoms with Crippen LogP contribution in [0.25, 0.3) is 0 Å². The molecule has 114 valence electrons. The van der Waals surface area contributed by atoms with Gasteiger partial charge in [0.15, 0.2) is 11.8 Å². The number of carbonyl (C=O) groups is 3. The van der Waals surface area contributed by atoms with Crippen LogP contribution in [0.1, 0.15) is 23.2 Å². The third-order valence-electron chi connectivity index (χ3n) is 2.75. The zero-order valence-electron chi connectivity index (χ0n) is 11.5. The predicted molar refractivity (Wildman–Crippen MR) is 71.0 cm³/mol. The SMILES string of the molecule is COC(=O)[C@@H](CO)NC(=O)CCC(=O)c1ccc(F)cc1. The number of amides is 1. The Hall–Kier alpha value is -2.28. The van der Waals surface area contributed by atoms with Crippen molar-refractivity contribution in [1.82, 2.24) is 5.32 Å². The summed E-state index contributed by atoms with van der Waals surface area (Å²) < 4.78 is 17.1. The van der Waals surface area contributed by atoms with Crippen LogP contribution in [0.4, 0.5) is 4.39 Å². The number of esters is 1. The van der Waals surface area contributed by atoms with Crippen LogP contribution in [0, 0.1) is 5.82 Å². The maximum absolute atomic E-state index is 12.7. The second kappa shape index (κ2) is 8.11. The van der Waals surface area contributed by atoms with E-state index in [0.717, 1.165) is 19.2 Å². The quantitative estimate of drug-likeness (QED) is 0.562. The molecule has 0 saturated heterocycles. The first kappa shape index (κ1) is 16.8. The van der Waals surface area contributed by atoms with E-state index < -0.39 is 30.3 Å². The van der Waals surface area contributed by atoms with Crippen molar-refractivity contribution >= 4 is 17.7 Å². The van der Waals surface area contributed by atoms with Crippen molar-refractivity contribution in [2.75, 3.05) is 13.7 Å². The van der Waals surface area contributed by atoms with Crippen LogP contribution in [-0.4, -0.2) is 42.5 Å². The minimum atomic E-state index is -1.15. The maximum atomic E-state index is 12.7. The van der Waals surface area contributed by atoms with Gasteiger partial charge in [-0.2, -0.15) is 0 Å². The van der Waals surface area contributed by atoms with Crippen molar-refractivity contribution < 1.29 is 28.6 Å². The van der Waals surface area contributed by atoms with Gasteiger partial charge in [-0.25, -0.2) is 9.18 Å². The van der Waals surface area contributed by atoms with Crippen LogP contribution in [0.2, 0.25) is 0 Å². The summed E-state index contributed by atoms with van der Waals surface area (Å²) in [4.78, 5) is 34.5. The number of hydrogen-bond donors (Lipinski definition) is 2. The highest BCUT2D eigenvalue weighted by Gasteiger charge is 2.20. The summed E-state index contributed by atoms with van der Waals surface area (Å²) in [5.74, 6) is -2.09. The molecule has 0 aliphatic heterocycles. The lowest BCUT2D eigenvalue weighted by Gasteiger charge is -2.13. The highest BCUT2D eigenvalue weighted by atomic mass is 19.1. The van der Waals surface area contributed by atoms with Crippen LogP contribution in [0.3, 0.4) is 0 Å². The minimum Gasteiger partial charge on any atom is -0.467 e. The van der Waals surface area contributed by atoms with Crippen molar-refractivity contribution in [2.24, 2.45) is 0 Å². The van der Waals surface area contributed by atoms with E-state index in [1.54, 1.807) is 0 Å². The van der Waals surface area contributed by atoms with E-state index in [4.69, 9.17) is 5.11 Å². The van der Waals surface area contributed by atoms with Gasteiger partial charge in [-0.15, -0.1) is 0 Å². The third kappa shape index (κ3) is 5.31. The van der Waals surface area contributed by atoms with E-state index in [0.29, 0.717) is 5.56 Å². The first-order chi connectivity index (χ1) is 9.97. The number of aliphatic hydroxyl groups is 1. The van der Waals surface area contributed by atoms with E-state index in [9.17, 15) is 18.8 Å². The summed E-state index contributed by atoms with van der Waals surface area (Å²) in [5, 5.41) is 11.2. The normalized spacial score (nSPS) is 11.6. The van der Waals surface area contributed by atoms with Crippen LogP contribution in [-0.2, 0) is 14.3 Å². The zero-order chi connectivity index (χ0) is 15.8. The van der Waals surface area contributed by atoms with Gasteiger partial charge >= 0.3 is 5.97 Å². The molecule has 0 unspecified atom stereocenters. The van der Waals surface area contributed by atoms with Crippen molar-refractivity contribution in [1.29, 1.82) is 0 Å². The van der Waals surface area contributed by atoms with E-state index in [-0.39, 0.29) is 18.6 Å². The lowest BCUT2D eigenvalue weighted by molar-refractivity contribution is -0.146. The fourth-order valence-electron chi connectivity index (χ4n) is 1.60. The van der Waals surface area contributed by atoms with Crippen LogP contribution in [0.5, 0.6) is 0 Å². The second-order valence-electron chi connectivity index (χ2n) is 4.26. The predicted octanol–water partition coefficient (Wildman–Crippen LogP) is 0.439. The summed E-state index contributed by atoms with van der Waals surface area (Å²) in [6, 6.07) is 3.84. The average Bonchev–Trinajstić information content (AvgIpc) is 2.50. The molecule has 0 aliphatic rings. The number of aliphatic hydroxyl groups excluding tert-OH is 1. The zero-order valence-corrected chi connectivity index (χ0v) is 11.5. The molecule has 1 atom stereocenters. The molecule has 0 radical (unpaired) electrons. The lowest BCUT2D eigenvalue weighted by atomic mass is 10.1. The maximum Gasteiger partial charge on any atom is 0.330 e. The molecule has 0 spiro atoms. The number of ketones is 1. The van der Waals surface area contributed by atoms with Gasteiger partial charge in [-0.1, -0.05) is 0 Å². The van der Waals surface area contributed by atoms with Crippen LogP contribution >= 0.6 is 0 Å². The molecular formula is C14H16FNO5. The largest absolute Gasteiger partial charge is 0.467 e. The van der Waals surface area contributed by atoms with Crippen molar-refractivity contribution in [2.45, 2.75) is 18.9 Å². The summed E-state index contributed by atoms with van der Waals surface area (Å²) in [7, 11) is 1.13. The number of halogens is 1. The molecule has 0 fully saturated rings. The van der Waals surface area contributed by atoms with E-state index >= 15 is 0 Å². The van der Waals surface area contributed by atoms with E-state index in [2.05, 4.69) is 10.1 Å². The number of methoxy groups -OCH3 is 1. The number of carbonyl (C=O) groups excluding carboxylic acids is 3. The molecule has 1 rings (SSSR count). The molecule has 2 N–H and O–H groups in total. The Morgan fingerprint density at radius 1 is 1.24 bits per heavy atom. The Labute approximate surface area is 120 Å². The Bertz CT molecular complexity index is 515. The highest BCUT2D eigenvalue weighted by Crippen LogP contribution is 2.07. The number of hydrogen-bond acceptors (Lipinski definition) is 5. The second-order valence-corrected chi connectivity index (χ2v) is 4.26. The van der Waals surface area contributed by atoms with Gasteiger partial charge in [-0.3, -0.25) is 9.59 Å². The number of ether oxygens (including phenoxy) is 1. The van der Waals surface area contributed by atoms with Gasteiger partial charge < -0.3 is 15.2 Å². The van der Waals surface area contributed by atoms with Gasteiger partial charge in [0.2, 0.25) is 5.91 Å². The van der Waals surface area contributed by atoms with Crippen molar-refractivity contribution in [3.8, 4) is 0 Å². The molecule has 0 aliphatic carbocycles. The van der Waals surface area contributed by atoms with Gasteiger partial charge in [-0.05, 0) is 24.3 Å². The number of benzene rings is 1. The molecule has 0 aromatic heterocycles. The first-order valence-corrected chi connectivity index (χ1v) is 6.24. The van der Waals surface area contributed by atoms with Crippen molar-refractivity contribution in [3.63, 3.8) is 0 Å². The fraction of sp³-hybridized carbons (Fsp3) is 0.357. The van der Waals surface area contributed by atoms with E-state index in [1.807, 2.05) is 0 Å². The summed E-state index contributed by atoms with van der Waals surface area (Å²) in [5.41, 5.74) is 0.302. The standard InChI is InChI=1S/C14H16FNO5/c1-21-14(20)11(8-17)16-13(19)7-6-12(18)9-2-4-10(15)5-3-9/h2-5,11,17H,6-8H2,1H3,(H,16,19)/t11-/m1/s1. The van der Waals surface area contributed by atoms with E-state index in [1.165, 1.54) is 12.1 Å². The molecule has 1 aromatic carbocycles. The smallest absolute Gasteiger partial charge is 0.330 e. The minimum absolute atomic E-state index is 0.0865. The van der Waals surface area contributed by atoms with Gasteiger partial charge in [0.05, 0.1) is 13.7 Å². The van der Waals surface area contributed by atoms with Crippen molar-refractivity contribution in [3.05, 3.63) is 35.6 Å².